The quantitative estimate of drug-likeness (QED) is 0.316. The lowest BCUT2D eigenvalue weighted by Gasteiger charge is -2.15. The molecule has 0 fully saturated rings. The van der Waals surface area contributed by atoms with Crippen molar-refractivity contribution in [1.82, 2.24) is 0 Å². The first-order chi connectivity index (χ1) is 4.39. The summed E-state index contributed by atoms with van der Waals surface area (Å²) in [4.78, 5) is 10.5. The predicted molar refractivity (Wildman–Crippen MR) is 37.9 cm³/mol. The van der Waals surface area contributed by atoms with Gasteiger partial charge in [0.1, 0.15) is 5.71 Å². The van der Waals surface area contributed by atoms with Crippen LogP contribution in [0.15, 0.2) is 5.16 Å². The first-order valence-electron chi connectivity index (χ1n) is 2.92. The highest BCUT2D eigenvalue weighted by atomic mass is 16.4. The second kappa shape index (κ2) is 2.68. The average Bonchev–Trinajstić information content (AvgIpc) is 1.60. The Morgan fingerprint density at radius 1 is 1.50 bits per heavy atom. The molecular weight excluding hydrogens is 132 g/mol. The van der Waals surface area contributed by atoms with Crippen molar-refractivity contribution in [2.75, 3.05) is 0 Å². The minimum atomic E-state index is -0.685. The summed E-state index contributed by atoms with van der Waals surface area (Å²) >= 11 is 0. The maximum Gasteiger partial charge on any atom is 0.267 e. The molecule has 0 spiro atoms. The molecule has 0 aromatic rings. The van der Waals surface area contributed by atoms with Gasteiger partial charge < -0.3 is 10.9 Å². The summed E-state index contributed by atoms with van der Waals surface area (Å²) in [5.74, 6) is -0.685. The number of amides is 1. The second-order valence-corrected chi connectivity index (χ2v) is 3.06. The molecule has 0 aromatic heterocycles. The van der Waals surface area contributed by atoms with Gasteiger partial charge in [0, 0.05) is 5.41 Å². The molecule has 0 heterocycles. The SMILES string of the molecule is CC(C)(C)C(=NO)C(N)=O. The van der Waals surface area contributed by atoms with E-state index in [4.69, 9.17) is 10.9 Å². The molecule has 0 saturated heterocycles. The van der Waals surface area contributed by atoms with E-state index in [1.165, 1.54) is 0 Å². The van der Waals surface area contributed by atoms with Gasteiger partial charge in [-0.3, -0.25) is 4.79 Å². The highest BCUT2D eigenvalue weighted by Crippen LogP contribution is 2.14. The van der Waals surface area contributed by atoms with E-state index in [2.05, 4.69) is 5.16 Å². The molecule has 0 saturated carbocycles. The number of hydrogen-bond donors (Lipinski definition) is 2. The Kier molecular flexibility index (Phi) is 2.40. The minimum absolute atomic E-state index is 0.00694. The van der Waals surface area contributed by atoms with Gasteiger partial charge in [0.15, 0.2) is 0 Å². The Labute approximate surface area is 59.7 Å². The predicted octanol–water partition coefficient (Wildman–Crippen LogP) is 0.348. The second-order valence-electron chi connectivity index (χ2n) is 3.06. The summed E-state index contributed by atoms with van der Waals surface area (Å²) in [5, 5.41) is 11.1. The number of primary amides is 1. The van der Waals surface area contributed by atoms with Crippen LogP contribution >= 0.6 is 0 Å². The van der Waals surface area contributed by atoms with Crippen LogP contribution in [-0.2, 0) is 4.79 Å². The van der Waals surface area contributed by atoms with Crippen LogP contribution in [0.4, 0.5) is 0 Å². The first-order valence-corrected chi connectivity index (χ1v) is 2.92. The van der Waals surface area contributed by atoms with Gasteiger partial charge in [0.25, 0.3) is 5.91 Å². The summed E-state index contributed by atoms with van der Waals surface area (Å²) in [7, 11) is 0. The molecule has 0 aliphatic heterocycles. The van der Waals surface area contributed by atoms with E-state index < -0.39 is 11.3 Å². The van der Waals surface area contributed by atoms with Gasteiger partial charge in [0.05, 0.1) is 0 Å². The monoisotopic (exact) mass is 144 g/mol. The van der Waals surface area contributed by atoms with Crippen molar-refractivity contribution in [3.05, 3.63) is 0 Å². The third-order valence-electron chi connectivity index (χ3n) is 1.04. The standard InChI is InChI=1S/C6H12N2O2/c1-6(2,3)4(8-10)5(7)9/h10H,1-3H3,(H2,7,9). The number of carbonyl (C=O) groups excluding carboxylic acids is 1. The largest absolute Gasteiger partial charge is 0.410 e. The number of hydrogen-bond acceptors (Lipinski definition) is 3. The molecule has 4 nitrogen and oxygen atoms in total. The van der Waals surface area contributed by atoms with Crippen molar-refractivity contribution < 1.29 is 10.0 Å². The van der Waals surface area contributed by atoms with Gasteiger partial charge in [-0.15, -0.1) is 0 Å². The van der Waals surface area contributed by atoms with Crippen molar-refractivity contribution in [2.45, 2.75) is 20.8 Å². The molecule has 0 rings (SSSR count). The van der Waals surface area contributed by atoms with E-state index in [0.717, 1.165) is 0 Å². The number of oxime groups is 1. The molecule has 10 heavy (non-hydrogen) atoms. The lowest BCUT2D eigenvalue weighted by atomic mass is 9.90. The molecular formula is C6H12N2O2. The Hall–Kier alpha value is -1.06. The van der Waals surface area contributed by atoms with Gasteiger partial charge >= 0.3 is 0 Å². The normalized spacial score (nSPS) is 13.3. The molecule has 3 N–H and O–H groups in total. The molecule has 58 valence electrons. The van der Waals surface area contributed by atoms with E-state index in [-0.39, 0.29) is 5.71 Å². The topological polar surface area (TPSA) is 75.7 Å². The molecule has 0 aromatic carbocycles. The zero-order chi connectivity index (χ0) is 8.36. The lowest BCUT2D eigenvalue weighted by Crippen LogP contribution is -2.34. The Balaban J connectivity index is 4.56. The van der Waals surface area contributed by atoms with Crippen LogP contribution < -0.4 is 5.73 Å². The van der Waals surface area contributed by atoms with Crippen molar-refractivity contribution in [1.29, 1.82) is 0 Å². The van der Waals surface area contributed by atoms with Crippen LogP contribution in [0.1, 0.15) is 20.8 Å². The van der Waals surface area contributed by atoms with Crippen LogP contribution in [0, 0.1) is 5.41 Å². The van der Waals surface area contributed by atoms with Crippen molar-refractivity contribution in [2.24, 2.45) is 16.3 Å². The van der Waals surface area contributed by atoms with Gasteiger partial charge in [-0.1, -0.05) is 25.9 Å². The zero-order valence-corrected chi connectivity index (χ0v) is 6.38. The van der Waals surface area contributed by atoms with Crippen molar-refractivity contribution >= 4 is 11.6 Å². The Morgan fingerprint density at radius 3 is 1.90 bits per heavy atom. The van der Waals surface area contributed by atoms with Gasteiger partial charge in [-0.25, -0.2) is 0 Å². The van der Waals surface area contributed by atoms with Gasteiger partial charge in [-0.05, 0) is 0 Å². The van der Waals surface area contributed by atoms with E-state index in [0.29, 0.717) is 0 Å². The molecule has 0 bridgehead atoms. The molecule has 0 aliphatic carbocycles. The fourth-order valence-corrected chi connectivity index (χ4v) is 0.569. The Morgan fingerprint density at radius 2 is 1.90 bits per heavy atom. The first kappa shape index (κ1) is 8.94. The van der Waals surface area contributed by atoms with Gasteiger partial charge in [-0.2, -0.15) is 0 Å². The van der Waals surface area contributed by atoms with E-state index in [9.17, 15) is 4.79 Å². The summed E-state index contributed by atoms with van der Waals surface area (Å²) in [6.45, 7) is 5.23. The van der Waals surface area contributed by atoms with E-state index >= 15 is 0 Å². The smallest absolute Gasteiger partial charge is 0.267 e. The Bertz CT molecular complexity index is 167. The summed E-state index contributed by atoms with van der Waals surface area (Å²) in [6, 6.07) is 0. The van der Waals surface area contributed by atoms with Crippen molar-refractivity contribution in [3.63, 3.8) is 0 Å². The van der Waals surface area contributed by atoms with Crippen LogP contribution in [0.3, 0.4) is 0 Å². The highest BCUT2D eigenvalue weighted by Gasteiger charge is 2.24. The molecule has 0 atom stereocenters. The average molecular weight is 144 g/mol. The third kappa shape index (κ3) is 2.05. The number of nitrogens with zero attached hydrogens (tertiary/aromatic N) is 1. The van der Waals surface area contributed by atoms with E-state index in [1.54, 1.807) is 20.8 Å². The zero-order valence-electron chi connectivity index (χ0n) is 6.38. The minimum Gasteiger partial charge on any atom is -0.410 e. The third-order valence-corrected chi connectivity index (χ3v) is 1.04. The van der Waals surface area contributed by atoms with Crippen LogP contribution in [-0.4, -0.2) is 16.8 Å². The molecule has 0 radical (unpaired) electrons. The summed E-state index contributed by atoms with van der Waals surface area (Å²) in [6.07, 6.45) is 0. The highest BCUT2D eigenvalue weighted by molar-refractivity contribution is 6.39. The maximum absolute atomic E-state index is 10.5. The molecule has 1 amide bonds. The van der Waals surface area contributed by atoms with Crippen molar-refractivity contribution in [3.8, 4) is 0 Å². The van der Waals surface area contributed by atoms with Crippen LogP contribution in [0.5, 0.6) is 0 Å². The number of carbonyl (C=O) groups is 1. The fourth-order valence-electron chi connectivity index (χ4n) is 0.569. The summed E-state index contributed by atoms with van der Waals surface area (Å²) in [5.41, 5.74) is 4.41. The molecule has 0 aliphatic rings. The van der Waals surface area contributed by atoms with Crippen LogP contribution in [0.2, 0.25) is 0 Å². The fraction of sp³-hybridized carbons (Fsp3) is 0.667. The molecule has 0 unspecified atom stereocenters. The van der Waals surface area contributed by atoms with Crippen LogP contribution in [0.25, 0.3) is 0 Å². The van der Waals surface area contributed by atoms with Gasteiger partial charge in [0.2, 0.25) is 0 Å². The number of nitrogens with two attached hydrogens (primary N) is 1. The number of rotatable bonds is 1. The lowest BCUT2D eigenvalue weighted by molar-refractivity contribution is -0.112. The van der Waals surface area contributed by atoms with E-state index in [1.807, 2.05) is 0 Å². The summed E-state index contributed by atoms with van der Waals surface area (Å²) < 4.78 is 0. The molecule has 4 heteroatoms. The maximum atomic E-state index is 10.5.